The van der Waals surface area contributed by atoms with E-state index in [1.807, 2.05) is 33.6 Å². The molecule has 4 nitrogen and oxygen atoms in total. The Balaban J connectivity index is 2.28. The molecule has 0 aliphatic carbocycles. The Labute approximate surface area is 112 Å². The summed E-state index contributed by atoms with van der Waals surface area (Å²) in [6, 6.07) is 5.06. The van der Waals surface area contributed by atoms with Gasteiger partial charge in [0, 0.05) is 12.6 Å². The van der Waals surface area contributed by atoms with Crippen molar-refractivity contribution in [1.29, 1.82) is 5.26 Å². The number of nitriles is 1. The summed E-state index contributed by atoms with van der Waals surface area (Å²) >= 11 is 1.90. The molecule has 0 saturated carbocycles. The van der Waals surface area contributed by atoms with Gasteiger partial charge < -0.3 is 15.4 Å². The second-order valence-electron chi connectivity index (χ2n) is 3.76. The van der Waals surface area contributed by atoms with Crippen LogP contribution in [0.1, 0.15) is 0 Å². The van der Waals surface area contributed by atoms with Gasteiger partial charge in [0.05, 0.1) is 34.2 Å². The fourth-order valence-corrected chi connectivity index (χ4v) is 2.26. The highest BCUT2D eigenvalue weighted by molar-refractivity contribution is 14.1. The van der Waals surface area contributed by atoms with Crippen LogP contribution in [-0.4, -0.2) is 25.8 Å². The lowest BCUT2D eigenvalue weighted by Gasteiger charge is -2.32. The van der Waals surface area contributed by atoms with E-state index in [4.69, 9.17) is 15.7 Å². The SMILES string of the molecule is N#CC1CN(c2cc(F)c(I)cc2N)CCO1. The average molecular weight is 347 g/mol. The lowest BCUT2D eigenvalue weighted by molar-refractivity contribution is 0.0765. The molecule has 0 aromatic heterocycles. The highest BCUT2D eigenvalue weighted by Gasteiger charge is 2.22. The van der Waals surface area contributed by atoms with Crippen LogP contribution in [0.5, 0.6) is 0 Å². The molecule has 1 aromatic rings. The van der Waals surface area contributed by atoms with Gasteiger partial charge in [0.2, 0.25) is 0 Å². The Hall–Kier alpha value is -1.07. The van der Waals surface area contributed by atoms with Crippen LogP contribution in [0, 0.1) is 20.7 Å². The Morgan fingerprint density at radius 1 is 1.59 bits per heavy atom. The summed E-state index contributed by atoms with van der Waals surface area (Å²) in [5.74, 6) is -0.296. The smallest absolute Gasteiger partial charge is 0.161 e. The molecule has 1 aliphatic heterocycles. The van der Waals surface area contributed by atoms with E-state index in [-0.39, 0.29) is 5.82 Å². The topological polar surface area (TPSA) is 62.3 Å². The van der Waals surface area contributed by atoms with E-state index in [9.17, 15) is 4.39 Å². The molecule has 0 amide bonds. The molecule has 2 N–H and O–H groups in total. The number of rotatable bonds is 1. The van der Waals surface area contributed by atoms with Crippen LogP contribution in [0.4, 0.5) is 15.8 Å². The van der Waals surface area contributed by atoms with E-state index in [2.05, 4.69) is 0 Å². The molecule has 1 unspecified atom stereocenters. The van der Waals surface area contributed by atoms with Crippen LogP contribution in [0.25, 0.3) is 0 Å². The van der Waals surface area contributed by atoms with Crippen molar-refractivity contribution >= 4 is 34.0 Å². The molecule has 1 aromatic carbocycles. The maximum atomic E-state index is 13.5. The number of nitrogens with zero attached hydrogens (tertiary/aromatic N) is 2. The summed E-state index contributed by atoms with van der Waals surface area (Å²) in [6.45, 7) is 1.48. The highest BCUT2D eigenvalue weighted by atomic mass is 127. The van der Waals surface area contributed by atoms with E-state index >= 15 is 0 Å². The molecular formula is C11H11FIN3O. The number of halogens is 2. The highest BCUT2D eigenvalue weighted by Crippen LogP contribution is 2.28. The number of morpholine rings is 1. The lowest BCUT2D eigenvalue weighted by atomic mass is 10.2. The number of hydrogen-bond donors (Lipinski definition) is 1. The largest absolute Gasteiger partial charge is 0.397 e. The summed E-state index contributed by atoms with van der Waals surface area (Å²) < 4.78 is 19.2. The quantitative estimate of drug-likeness (QED) is 0.621. The molecule has 17 heavy (non-hydrogen) atoms. The van der Waals surface area contributed by atoms with Gasteiger partial charge in [-0.05, 0) is 28.7 Å². The summed E-state index contributed by atoms with van der Waals surface area (Å²) in [7, 11) is 0. The van der Waals surface area contributed by atoms with Gasteiger partial charge in [-0.3, -0.25) is 0 Å². The van der Waals surface area contributed by atoms with Crippen LogP contribution in [0.3, 0.4) is 0 Å². The van der Waals surface area contributed by atoms with Crippen LogP contribution in [0.2, 0.25) is 0 Å². The third-order valence-electron chi connectivity index (χ3n) is 2.62. The van der Waals surface area contributed by atoms with Gasteiger partial charge in [0.25, 0.3) is 0 Å². The first-order chi connectivity index (χ1) is 8.11. The van der Waals surface area contributed by atoms with E-state index in [1.165, 1.54) is 6.07 Å². The van der Waals surface area contributed by atoms with Gasteiger partial charge in [0.15, 0.2) is 6.10 Å². The molecule has 90 valence electrons. The minimum absolute atomic E-state index is 0.296. The molecule has 1 atom stereocenters. The Morgan fingerprint density at radius 2 is 2.35 bits per heavy atom. The van der Waals surface area contributed by atoms with Gasteiger partial charge >= 0.3 is 0 Å². The van der Waals surface area contributed by atoms with Crippen molar-refractivity contribution < 1.29 is 9.13 Å². The summed E-state index contributed by atoms with van der Waals surface area (Å²) in [5, 5.41) is 8.82. The molecular weight excluding hydrogens is 336 g/mol. The van der Waals surface area contributed by atoms with Crippen molar-refractivity contribution in [3.05, 3.63) is 21.5 Å². The van der Waals surface area contributed by atoms with Gasteiger partial charge in [-0.15, -0.1) is 0 Å². The zero-order chi connectivity index (χ0) is 12.4. The molecule has 6 heteroatoms. The number of anilines is 2. The molecule has 1 saturated heterocycles. The maximum Gasteiger partial charge on any atom is 0.161 e. The molecule has 1 aliphatic rings. The summed E-state index contributed by atoms with van der Waals surface area (Å²) in [4.78, 5) is 1.88. The maximum absolute atomic E-state index is 13.5. The minimum atomic E-state index is -0.481. The van der Waals surface area contributed by atoms with Crippen molar-refractivity contribution in [1.82, 2.24) is 0 Å². The van der Waals surface area contributed by atoms with Crippen LogP contribution in [-0.2, 0) is 4.74 Å². The van der Waals surface area contributed by atoms with Crippen molar-refractivity contribution in [3.8, 4) is 6.07 Å². The van der Waals surface area contributed by atoms with Crippen molar-refractivity contribution in [2.75, 3.05) is 30.3 Å². The number of benzene rings is 1. The Bertz CT molecular complexity index is 475. The first-order valence-electron chi connectivity index (χ1n) is 5.12. The van der Waals surface area contributed by atoms with Gasteiger partial charge in [-0.2, -0.15) is 5.26 Å². The molecule has 0 radical (unpaired) electrons. The standard InChI is InChI=1S/C11H11FIN3O/c12-8-3-11(10(15)4-9(8)13)16-1-2-17-7(5-14)6-16/h3-4,7H,1-2,6,15H2. The molecule has 2 rings (SSSR count). The summed E-state index contributed by atoms with van der Waals surface area (Å²) in [6.07, 6.45) is -0.481. The number of nitrogen functional groups attached to an aromatic ring is 1. The lowest BCUT2D eigenvalue weighted by Crippen LogP contribution is -2.42. The molecule has 0 spiro atoms. The normalized spacial score (nSPS) is 20.1. The van der Waals surface area contributed by atoms with Gasteiger partial charge in [-0.1, -0.05) is 0 Å². The fraction of sp³-hybridized carbons (Fsp3) is 0.364. The van der Waals surface area contributed by atoms with E-state index in [1.54, 1.807) is 6.07 Å². The van der Waals surface area contributed by atoms with Gasteiger partial charge in [0.1, 0.15) is 5.82 Å². The minimum Gasteiger partial charge on any atom is -0.397 e. The van der Waals surface area contributed by atoms with Crippen molar-refractivity contribution in [2.24, 2.45) is 0 Å². The third kappa shape index (κ3) is 2.61. The predicted octanol–water partition coefficient (Wildman–Crippen LogP) is 1.74. The second-order valence-corrected chi connectivity index (χ2v) is 4.92. The molecule has 0 bridgehead atoms. The second kappa shape index (κ2) is 5.06. The van der Waals surface area contributed by atoms with E-state index in [0.717, 1.165) is 0 Å². The molecule has 1 fully saturated rings. The number of hydrogen-bond acceptors (Lipinski definition) is 4. The number of nitrogens with two attached hydrogens (primary N) is 1. The predicted molar refractivity (Wildman–Crippen MR) is 71.1 cm³/mol. The molecule has 1 heterocycles. The number of ether oxygens (including phenoxy) is 1. The fourth-order valence-electron chi connectivity index (χ4n) is 1.77. The first kappa shape index (κ1) is 12.4. The van der Waals surface area contributed by atoms with Crippen molar-refractivity contribution in [2.45, 2.75) is 6.10 Å². The van der Waals surface area contributed by atoms with E-state index in [0.29, 0.717) is 34.6 Å². The zero-order valence-electron chi connectivity index (χ0n) is 8.99. The Morgan fingerprint density at radius 3 is 3.06 bits per heavy atom. The van der Waals surface area contributed by atoms with E-state index < -0.39 is 6.10 Å². The van der Waals surface area contributed by atoms with Crippen molar-refractivity contribution in [3.63, 3.8) is 0 Å². The van der Waals surface area contributed by atoms with Crippen LogP contribution in [0.15, 0.2) is 12.1 Å². The first-order valence-corrected chi connectivity index (χ1v) is 6.20. The zero-order valence-corrected chi connectivity index (χ0v) is 11.1. The van der Waals surface area contributed by atoms with Crippen LogP contribution < -0.4 is 10.6 Å². The monoisotopic (exact) mass is 347 g/mol. The van der Waals surface area contributed by atoms with Gasteiger partial charge in [-0.25, -0.2) is 4.39 Å². The summed E-state index contributed by atoms with van der Waals surface area (Å²) in [5.41, 5.74) is 7.02. The Kier molecular flexibility index (Phi) is 3.69. The third-order valence-corrected chi connectivity index (χ3v) is 3.45. The van der Waals surface area contributed by atoms with Crippen LogP contribution >= 0.6 is 22.6 Å². The average Bonchev–Trinajstić information content (AvgIpc) is 2.34.